The number of amides is 11. The first-order chi connectivity index (χ1) is 61.5. The molecule has 42 heteroatoms. The molecule has 0 spiro atoms. The highest BCUT2D eigenvalue weighted by molar-refractivity contribution is 7.98. The second-order valence-electron chi connectivity index (χ2n) is 30.6. The van der Waals surface area contributed by atoms with Crippen LogP contribution in [0.2, 0.25) is 0 Å². The van der Waals surface area contributed by atoms with Gasteiger partial charge in [-0.15, -0.1) is 0 Å². The van der Waals surface area contributed by atoms with E-state index in [9.17, 15) is 72.9 Å². The van der Waals surface area contributed by atoms with E-state index in [1.807, 2.05) is 31.2 Å². The molecule has 18 N–H and O–H groups in total. The van der Waals surface area contributed by atoms with Gasteiger partial charge in [-0.1, -0.05) is 74.4 Å². The number of carbonyl (C=O) groups is 13. The summed E-state index contributed by atoms with van der Waals surface area (Å²) in [6, 6.07) is 4.84. The first-order valence-electron chi connectivity index (χ1n) is 44.2. The van der Waals surface area contributed by atoms with Gasteiger partial charge < -0.3 is 138 Å². The Balaban J connectivity index is 0.976. The van der Waals surface area contributed by atoms with Crippen molar-refractivity contribution in [2.45, 2.75) is 176 Å². The third kappa shape index (κ3) is 46.7. The molecule has 2 fully saturated rings. The van der Waals surface area contributed by atoms with Crippen LogP contribution in [0.25, 0.3) is 0 Å². The van der Waals surface area contributed by atoms with E-state index in [0.29, 0.717) is 215 Å². The molecule has 2 aromatic rings. The van der Waals surface area contributed by atoms with Crippen molar-refractivity contribution in [3.05, 3.63) is 71.3 Å². The number of unbranched alkanes of at least 4 members (excludes halogenated alkanes) is 1. The number of aliphatic hydroxyl groups is 1. The third-order valence-electron chi connectivity index (χ3n) is 20.3. The molecule has 127 heavy (non-hydrogen) atoms. The molecular formula is C85H139N15O25S2. The van der Waals surface area contributed by atoms with Gasteiger partial charge in [-0.05, 0) is 75.0 Å². The molecule has 9 atom stereocenters. The topological polar surface area (TPSA) is 557 Å². The van der Waals surface area contributed by atoms with Crippen LogP contribution in [-0.4, -0.2) is 359 Å². The van der Waals surface area contributed by atoms with Crippen molar-refractivity contribution in [1.29, 1.82) is 0 Å². The summed E-state index contributed by atoms with van der Waals surface area (Å²) in [4.78, 5) is 180. The molecule has 2 saturated heterocycles. The van der Waals surface area contributed by atoms with Crippen LogP contribution in [0.15, 0.2) is 54.6 Å². The number of hydrogen-bond donors (Lipinski definition) is 16. The molecule has 3 aliphatic heterocycles. The highest BCUT2D eigenvalue weighted by Crippen LogP contribution is 2.28. The zero-order chi connectivity index (χ0) is 92.0. The van der Waals surface area contributed by atoms with Crippen molar-refractivity contribution < 1.29 is 120 Å². The normalized spacial score (nSPS) is 19.3. The number of benzene rings is 2. The maximum absolute atomic E-state index is 15.1. The van der Waals surface area contributed by atoms with Crippen LogP contribution in [-0.2, 0) is 123 Å². The SMILES string of the molecule is CCCC[C@H](NC(=O)CCC(=O)NCCCOCCOCCOCCCNC(=O)CCOCCOCCOCCOCCOCCOCCNC(=O)C(CNCCN)CNCCN)C(=O)N[C@H]1CSCc2cccc(c2)CSC[C@@H](C(=O)O)NC(=O)[C@H](Cc2ccccc2)NC(=O)[C@H](CCC(=O)O)NC(=O)[C@H]([C@@H](C)O)NC(=O)[C@@H]2CCCN2C(=O)[C@@H]2CCCN2C1=O. The second-order valence-corrected chi connectivity index (χ2v) is 32.6. The smallest absolute Gasteiger partial charge is 0.327 e. The molecular weight excluding hydrogens is 1700 g/mol. The molecule has 2 aromatic carbocycles. The lowest BCUT2D eigenvalue weighted by atomic mass is 10.0. The van der Waals surface area contributed by atoms with Gasteiger partial charge in [0.05, 0.1) is 118 Å². The van der Waals surface area contributed by atoms with Crippen molar-refractivity contribution >= 4 is 100 Å². The predicted octanol–water partition coefficient (Wildman–Crippen LogP) is -2.02. The number of hydrogen-bond acceptors (Lipinski definition) is 29. The van der Waals surface area contributed by atoms with E-state index in [1.165, 1.54) is 40.2 Å². The van der Waals surface area contributed by atoms with Gasteiger partial charge in [-0.2, -0.15) is 23.5 Å². The number of carboxylic acids is 2. The molecule has 3 heterocycles. The number of thioether (sulfide) groups is 2. The second kappa shape index (κ2) is 67.0. The number of nitrogens with zero attached hydrogens (tertiary/aromatic N) is 2. The maximum atomic E-state index is 15.1. The van der Waals surface area contributed by atoms with Crippen LogP contribution in [0.1, 0.15) is 120 Å². The Hall–Kier alpha value is -8.31. The molecule has 716 valence electrons. The van der Waals surface area contributed by atoms with Crippen LogP contribution in [0.5, 0.6) is 0 Å². The molecule has 0 aromatic heterocycles. The summed E-state index contributed by atoms with van der Waals surface area (Å²) in [5, 5.41) is 61.7. The van der Waals surface area contributed by atoms with E-state index in [2.05, 4.69) is 58.5 Å². The van der Waals surface area contributed by atoms with Gasteiger partial charge in [0.2, 0.25) is 65.0 Å². The lowest BCUT2D eigenvalue weighted by molar-refractivity contribution is -0.148. The standard InChI is InChI=1S/C85H139N15O25S2/c1-3-4-17-65(93-74(104)22-21-72(102)90-27-11-34-117-38-42-121-43-39-118-35-12-28-91-73(103)24-36-119-40-44-122-46-48-124-50-51-125-49-47-123-45-41-120-37-31-92-77(107)64(54-88-29-25-86)55-89-30-26-87)78(108)96-68-58-126-56-62-15-8-16-63(52-62)57-127-59-69(85(115)116)97-80(110)67(53-61-13-6-5-7-14-61)95-79(109)66(20-23-75(105)106)94-82(112)76(60(2)101)98-81(111)70-18-9-32-99(70)84(114)71-19-10-33-100(71)83(68)113/h5-8,13-16,52,60,64-71,76,88-89,101H,3-4,9-12,17-51,53-59,86-87H2,1-2H3,(H,90,102)(H,91,103)(H,92,107)(H,93,104)(H,94,112)(H,95,109)(H,96,108)(H,97,110)(H,98,111)(H,105,106)(H,115,116)/t60-,65+,66+,67+,68+,69+,70+,71+,76+/m1/s1. The minimum atomic E-state index is -1.77. The Morgan fingerprint density at radius 2 is 1.02 bits per heavy atom. The predicted molar refractivity (Wildman–Crippen MR) is 473 cm³/mol. The number of nitrogens with two attached hydrogens (primary N) is 2. The number of aliphatic carboxylic acids is 2. The van der Waals surface area contributed by atoms with Gasteiger partial charge in [-0.25, -0.2) is 4.79 Å². The summed E-state index contributed by atoms with van der Waals surface area (Å²) in [5.41, 5.74) is 13.2. The van der Waals surface area contributed by atoms with Crippen LogP contribution in [0.4, 0.5) is 0 Å². The van der Waals surface area contributed by atoms with E-state index >= 15 is 4.79 Å². The number of rotatable bonds is 60. The van der Waals surface area contributed by atoms with Gasteiger partial charge in [0, 0.05) is 140 Å². The molecule has 3 aliphatic rings. The molecule has 11 amide bonds. The number of carboxylic acid groups (broad SMARTS) is 2. The van der Waals surface area contributed by atoms with E-state index < -0.39 is 132 Å². The number of carbonyl (C=O) groups excluding carboxylic acids is 11. The van der Waals surface area contributed by atoms with Gasteiger partial charge in [0.1, 0.15) is 48.3 Å². The summed E-state index contributed by atoms with van der Waals surface area (Å²) in [7, 11) is 0. The Morgan fingerprint density at radius 3 is 1.56 bits per heavy atom. The highest BCUT2D eigenvalue weighted by Gasteiger charge is 2.45. The Labute approximate surface area is 752 Å². The van der Waals surface area contributed by atoms with Crippen molar-refractivity contribution in [3.8, 4) is 0 Å². The van der Waals surface area contributed by atoms with E-state index in [1.54, 1.807) is 30.3 Å². The zero-order valence-electron chi connectivity index (χ0n) is 73.6. The molecule has 40 nitrogen and oxygen atoms in total. The number of ether oxygens (including phenoxy) is 9. The lowest BCUT2D eigenvalue weighted by Crippen LogP contribution is -2.61. The summed E-state index contributed by atoms with van der Waals surface area (Å²) in [6.45, 7) is 14.4. The monoisotopic (exact) mass is 1830 g/mol. The maximum Gasteiger partial charge on any atom is 0.327 e. The van der Waals surface area contributed by atoms with Gasteiger partial charge >= 0.3 is 11.9 Å². The van der Waals surface area contributed by atoms with Gasteiger partial charge in [-0.3, -0.25) is 57.5 Å². The number of fused-ring (bicyclic) bond motifs is 4. The average molecular weight is 1840 g/mol. The fourth-order valence-electron chi connectivity index (χ4n) is 13.5. The minimum absolute atomic E-state index is 0.00610. The van der Waals surface area contributed by atoms with E-state index in [-0.39, 0.29) is 106 Å². The third-order valence-corrected chi connectivity index (χ3v) is 22.5. The quantitative estimate of drug-likeness (QED) is 0.0318. The van der Waals surface area contributed by atoms with E-state index in [0.717, 1.165) is 11.1 Å². The fourth-order valence-corrected chi connectivity index (χ4v) is 15.5. The molecule has 2 bridgehead atoms. The summed E-state index contributed by atoms with van der Waals surface area (Å²) < 4.78 is 50.0. The van der Waals surface area contributed by atoms with Crippen molar-refractivity contribution in [1.82, 2.24) is 68.3 Å². The Bertz CT molecular complexity index is 3560. The highest BCUT2D eigenvalue weighted by atomic mass is 32.2. The zero-order valence-corrected chi connectivity index (χ0v) is 75.2. The number of aliphatic hydroxyl groups excluding tert-OH is 1. The molecule has 0 unspecified atom stereocenters. The summed E-state index contributed by atoms with van der Waals surface area (Å²) in [5.74, 6) is -9.37. The first-order valence-corrected chi connectivity index (χ1v) is 46.5. The lowest BCUT2D eigenvalue weighted by Gasteiger charge is -2.34. The minimum Gasteiger partial charge on any atom is -0.481 e. The molecule has 0 aliphatic carbocycles. The first kappa shape index (κ1) is 109. The van der Waals surface area contributed by atoms with E-state index in [4.69, 9.17) is 54.1 Å². The van der Waals surface area contributed by atoms with Crippen molar-refractivity contribution in [2.24, 2.45) is 17.4 Å². The van der Waals surface area contributed by atoms with Crippen molar-refractivity contribution in [3.63, 3.8) is 0 Å². The Kier molecular flexibility index (Phi) is 57.6. The summed E-state index contributed by atoms with van der Waals surface area (Å²) in [6.07, 6.45) is 0.293. The van der Waals surface area contributed by atoms with Crippen LogP contribution in [0.3, 0.4) is 0 Å². The van der Waals surface area contributed by atoms with Gasteiger partial charge in [0.25, 0.3) is 0 Å². The average Bonchev–Trinajstić information content (AvgIpc) is 1.66. The van der Waals surface area contributed by atoms with Crippen LogP contribution in [0, 0.1) is 5.92 Å². The molecule has 0 saturated carbocycles. The van der Waals surface area contributed by atoms with Gasteiger partial charge in [0.15, 0.2) is 0 Å². The molecule has 0 radical (unpaired) electrons. The van der Waals surface area contributed by atoms with Crippen molar-refractivity contribution in [2.75, 3.05) is 202 Å². The summed E-state index contributed by atoms with van der Waals surface area (Å²) >= 11 is 2.52. The largest absolute Gasteiger partial charge is 0.481 e. The fraction of sp³-hybridized carbons (Fsp3) is 0.706. The Morgan fingerprint density at radius 1 is 0.512 bits per heavy atom. The molecule has 5 rings (SSSR count). The number of nitrogens with one attached hydrogen (secondary N) is 11. The van der Waals surface area contributed by atoms with Crippen LogP contribution < -0.4 is 70.0 Å². The van der Waals surface area contributed by atoms with Crippen LogP contribution >= 0.6 is 23.5 Å².